The number of hydrogen-bond donors (Lipinski definition) is 2. The van der Waals surface area contributed by atoms with E-state index in [1.807, 2.05) is 44.5 Å². The van der Waals surface area contributed by atoms with Crippen molar-refractivity contribution in [3.8, 4) is 5.75 Å². The predicted molar refractivity (Wildman–Crippen MR) is 159 cm³/mol. The molecule has 0 spiro atoms. The Morgan fingerprint density at radius 1 is 1.05 bits per heavy atom. The van der Waals surface area contributed by atoms with E-state index in [2.05, 4.69) is 50.7 Å². The molecule has 228 valence electrons. The second-order valence-corrected chi connectivity index (χ2v) is 10.4. The van der Waals surface area contributed by atoms with Crippen LogP contribution in [-0.4, -0.2) is 69.9 Å². The van der Waals surface area contributed by atoms with Crippen LogP contribution in [0.1, 0.15) is 64.9 Å². The Labute approximate surface area is 242 Å². The van der Waals surface area contributed by atoms with E-state index < -0.39 is 6.61 Å². The summed E-state index contributed by atoms with van der Waals surface area (Å²) in [4.78, 5) is 18.5. The molecule has 3 aromatic rings. The van der Waals surface area contributed by atoms with Crippen LogP contribution in [0.15, 0.2) is 24.3 Å². The van der Waals surface area contributed by atoms with Gasteiger partial charge in [0.25, 0.3) is 0 Å². The van der Waals surface area contributed by atoms with E-state index in [0.29, 0.717) is 11.9 Å². The molecule has 12 heteroatoms. The van der Waals surface area contributed by atoms with Crippen LogP contribution in [0.25, 0.3) is 11.2 Å². The van der Waals surface area contributed by atoms with E-state index in [-0.39, 0.29) is 17.8 Å². The van der Waals surface area contributed by atoms with Crippen molar-refractivity contribution in [3.63, 3.8) is 0 Å². The molecule has 0 bridgehead atoms. The van der Waals surface area contributed by atoms with Gasteiger partial charge in [0, 0.05) is 52.0 Å². The molecule has 0 amide bonds. The summed E-state index contributed by atoms with van der Waals surface area (Å²) in [5, 5.41) is 0. The number of halogens is 2. The van der Waals surface area contributed by atoms with Gasteiger partial charge in [0.1, 0.15) is 11.6 Å². The van der Waals surface area contributed by atoms with Crippen molar-refractivity contribution in [1.82, 2.24) is 24.4 Å². The predicted octanol–water partition coefficient (Wildman–Crippen LogP) is 5.29. The van der Waals surface area contributed by atoms with Gasteiger partial charge in [-0.3, -0.25) is 10.3 Å². The molecule has 0 radical (unpaired) electrons. The van der Waals surface area contributed by atoms with Gasteiger partial charge in [0.05, 0.1) is 0 Å². The SMILES string of the molecule is C1CCOC1.CC.Cc1nc2c(N3CCN(C(c4ccc(OC(F)F)cc4)C(C)C)CC3C)nc(NN)nc2n1C. The summed E-state index contributed by atoms with van der Waals surface area (Å²) < 4.78 is 36.4. The van der Waals surface area contributed by atoms with E-state index in [4.69, 9.17) is 15.6 Å². The summed E-state index contributed by atoms with van der Waals surface area (Å²) in [5.41, 5.74) is 5.14. The first-order chi connectivity index (χ1) is 19.7. The summed E-state index contributed by atoms with van der Waals surface area (Å²) >= 11 is 0. The van der Waals surface area contributed by atoms with Crippen molar-refractivity contribution in [2.45, 2.75) is 73.1 Å². The number of hydrazine groups is 1. The van der Waals surface area contributed by atoms with Gasteiger partial charge >= 0.3 is 6.61 Å². The van der Waals surface area contributed by atoms with Crippen molar-refractivity contribution in [1.29, 1.82) is 0 Å². The third kappa shape index (κ3) is 8.02. The van der Waals surface area contributed by atoms with Gasteiger partial charge in [-0.2, -0.15) is 18.7 Å². The minimum atomic E-state index is -2.83. The molecule has 2 saturated heterocycles. The number of nitrogens with two attached hydrogens (primary N) is 1. The Hall–Kier alpha value is -3.09. The number of ether oxygens (including phenoxy) is 2. The number of imidazole rings is 1. The summed E-state index contributed by atoms with van der Waals surface area (Å²) in [6, 6.07) is 7.28. The van der Waals surface area contributed by atoms with Gasteiger partial charge in [0.2, 0.25) is 5.95 Å². The first kappa shape index (κ1) is 32.4. The normalized spacial score (nSPS) is 18.1. The number of nitrogens with zero attached hydrogens (tertiary/aromatic N) is 6. The van der Waals surface area contributed by atoms with Crippen LogP contribution in [0.5, 0.6) is 5.75 Å². The summed E-state index contributed by atoms with van der Waals surface area (Å²) in [6.07, 6.45) is 2.56. The third-order valence-electron chi connectivity index (χ3n) is 7.28. The third-order valence-corrected chi connectivity index (χ3v) is 7.28. The standard InChI is InChI=1S/C23H32F2N8O.C4H8O.C2H6/c1-13(2)19(16-6-8-17(9-7-16)34-22(24)25)32-10-11-33(14(3)12-32)21-18-20(28-23(29-21)30-26)31(5)15(4)27-18;1-2-4-5-3-1;1-2/h6-9,13-14,19,22H,10-12,26H2,1-5H3,(H,28,29,30);1-4H2;1-2H3. The zero-order valence-electron chi connectivity index (χ0n) is 25.4. The lowest BCUT2D eigenvalue weighted by Gasteiger charge is -2.45. The number of rotatable bonds is 7. The second kappa shape index (κ2) is 15.2. The highest BCUT2D eigenvalue weighted by molar-refractivity contribution is 5.85. The van der Waals surface area contributed by atoms with E-state index >= 15 is 0 Å². The molecule has 2 atom stereocenters. The molecule has 0 saturated carbocycles. The Bertz CT molecular complexity index is 1210. The van der Waals surface area contributed by atoms with Crippen molar-refractivity contribution in [3.05, 3.63) is 35.7 Å². The fourth-order valence-corrected chi connectivity index (χ4v) is 5.35. The monoisotopic (exact) mass is 576 g/mol. The van der Waals surface area contributed by atoms with Crippen molar-refractivity contribution in [2.75, 3.05) is 43.2 Å². The zero-order valence-corrected chi connectivity index (χ0v) is 25.4. The number of fused-ring (bicyclic) bond motifs is 1. The fraction of sp³-hybridized carbons (Fsp3) is 0.621. The van der Waals surface area contributed by atoms with Crippen LogP contribution in [0.4, 0.5) is 20.5 Å². The molecule has 2 unspecified atom stereocenters. The number of nitrogen functional groups attached to an aromatic ring is 1. The van der Waals surface area contributed by atoms with Crippen molar-refractivity contribution < 1.29 is 18.3 Å². The molecule has 2 aliphatic rings. The summed E-state index contributed by atoms with van der Waals surface area (Å²) in [6.45, 7) is 14.0. The minimum absolute atomic E-state index is 0.147. The number of piperazine rings is 1. The maximum atomic E-state index is 12.5. The molecule has 2 fully saturated rings. The van der Waals surface area contributed by atoms with Gasteiger partial charge in [-0.25, -0.2) is 10.8 Å². The highest BCUT2D eigenvalue weighted by Crippen LogP contribution is 2.34. The first-order valence-electron chi connectivity index (χ1n) is 14.5. The van der Waals surface area contributed by atoms with Crippen LogP contribution >= 0.6 is 0 Å². The Morgan fingerprint density at radius 2 is 1.71 bits per heavy atom. The average molecular weight is 577 g/mol. The zero-order chi connectivity index (χ0) is 30.1. The minimum Gasteiger partial charge on any atom is -0.435 e. The molecule has 0 aliphatic carbocycles. The number of nitrogens with one attached hydrogen (secondary N) is 1. The Morgan fingerprint density at radius 3 is 2.22 bits per heavy atom. The van der Waals surface area contributed by atoms with E-state index in [0.717, 1.165) is 61.2 Å². The maximum absolute atomic E-state index is 12.5. The lowest BCUT2D eigenvalue weighted by molar-refractivity contribution is -0.0498. The van der Waals surface area contributed by atoms with Gasteiger partial charge < -0.3 is 18.9 Å². The number of aryl methyl sites for hydroxylation is 2. The van der Waals surface area contributed by atoms with Crippen LogP contribution in [0.3, 0.4) is 0 Å². The van der Waals surface area contributed by atoms with Gasteiger partial charge in [0.15, 0.2) is 17.0 Å². The number of anilines is 2. The molecule has 3 N–H and O–H groups in total. The Balaban J connectivity index is 0.000000586. The van der Waals surface area contributed by atoms with Gasteiger partial charge in [-0.1, -0.05) is 39.8 Å². The van der Waals surface area contributed by atoms with Gasteiger partial charge in [-0.05, 0) is 50.3 Å². The lowest BCUT2D eigenvalue weighted by Crippen LogP contribution is -2.54. The molecular weight excluding hydrogens is 530 g/mol. The molecule has 10 nitrogen and oxygen atoms in total. The highest BCUT2D eigenvalue weighted by atomic mass is 19.3. The number of aromatic nitrogens is 4. The molecule has 1 aromatic carbocycles. The first-order valence-corrected chi connectivity index (χ1v) is 14.5. The molecule has 2 aromatic heterocycles. The smallest absolute Gasteiger partial charge is 0.387 e. The van der Waals surface area contributed by atoms with Crippen LogP contribution in [0, 0.1) is 12.8 Å². The van der Waals surface area contributed by atoms with E-state index in [1.165, 1.54) is 12.8 Å². The number of benzene rings is 1. The molecule has 5 rings (SSSR count). The largest absolute Gasteiger partial charge is 0.435 e. The average Bonchev–Trinajstić information content (AvgIpc) is 3.63. The maximum Gasteiger partial charge on any atom is 0.387 e. The number of alkyl halides is 2. The molecule has 2 aliphatic heterocycles. The Kier molecular flexibility index (Phi) is 12.0. The van der Waals surface area contributed by atoms with Gasteiger partial charge in [-0.15, -0.1) is 0 Å². The fourth-order valence-electron chi connectivity index (χ4n) is 5.35. The molecular formula is C29H46F2N8O2. The van der Waals surface area contributed by atoms with E-state index in [1.54, 1.807) is 12.1 Å². The second-order valence-electron chi connectivity index (χ2n) is 10.4. The molecule has 4 heterocycles. The number of hydrogen-bond acceptors (Lipinski definition) is 9. The van der Waals surface area contributed by atoms with Crippen LogP contribution in [-0.2, 0) is 11.8 Å². The van der Waals surface area contributed by atoms with Crippen LogP contribution in [0.2, 0.25) is 0 Å². The van der Waals surface area contributed by atoms with Crippen LogP contribution < -0.4 is 20.9 Å². The van der Waals surface area contributed by atoms with Crippen molar-refractivity contribution in [2.24, 2.45) is 18.8 Å². The summed E-state index contributed by atoms with van der Waals surface area (Å²) in [7, 11) is 1.92. The summed E-state index contributed by atoms with van der Waals surface area (Å²) in [5.74, 6) is 8.12. The topological polar surface area (TPSA) is 107 Å². The highest BCUT2D eigenvalue weighted by Gasteiger charge is 2.33. The van der Waals surface area contributed by atoms with E-state index in [9.17, 15) is 8.78 Å². The quantitative estimate of drug-likeness (QED) is 0.287. The lowest BCUT2D eigenvalue weighted by atomic mass is 9.93. The molecule has 41 heavy (non-hydrogen) atoms. The van der Waals surface area contributed by atoms with Crippen molar-refractivity contribution >= 4 is 22.9 Å².